The van der Waals surface area contributed by atoms with Crippen LogP contribution in [-0.4, -0.2) is 37.9 Å². The summed E-state index contributed by atoms with van der Waals surface area (Å²) in [4.78, 5) is 18.7. The molecule has 1 aromatic carbocycles. The van der Waals surface area contributed by atoms with E-state index < -0.39 is 0 Å². The number of likely N-dealkylation sites (N-methyl/N-ethyl adjacent to an activating group) is 1. The Morgan fingerprint density at radius 2 is 1.96 bits per heavy atom. The number of nitrogens with zero attached hydrogens (tertiary/aromatic N) is 2. The molecule has 0 radical (unpaired) electrons. The van der Waals surface area contributed by atoms with Crippen molar-refractivity contribution in [2.75, 3.05) is 25.1 Å². The molecular formula is C19H28N2O2. The largest absolute Gasteiger partial charge is 0.461 e. The van der Waals surface area contributed by atoms with Crippen LogP contribution in [0.3, 0.4) is 0 Å². The van der Waals surface area contributed by atoms with Gasteiger partial charge in [-0.3, -0.25) is 4.99 Å². The standard InChI is InChI=1S/C19H28N2O2/c1-6-16(4)20-18(19(22)23-7-2)13-15(3)14-21(5)17-11-9-8-10-12-17/h8-13,16H,6-7,14H2,1-5H3/b15-13+,20-18+. The van der Waals surface area contributed by atoms with Crippen molar-refractivity contribution >= 4 is 17.4 Å². The minimum Gasteiger partial charge on any atom is -0.461 e. The van der Waals surface area contributed by atoms with Crippen LogP contribution in [0.4, 0.5) is 5.69 Å². The second-order valence-corrected chi connectivity index (χ2v) is 5.67. The normalized spacial score (nSPS) is 13.6. The van der Waals surface area contributed by atoms with Crippen LogP contribution >= 0.6 is 0 Å². The first-order valence-electron chi connectivity index (χ1n) is 8.16. The van der Waals surface area contributed by atoms with Crippen LogP contribution in [0, 0.1) is 0 Å². The van der Waals surface area contributed by atoms with Gasteiger partial charge in [-0.25, -0.2) is 4.79 Å². The molecule has 0 amide bonds. The maximum atomic E-state index is 12.1. The Kier molecular flexibility index (Phi) is 8.09. The van der Waals surface area contributed by atoms with Gasteiger partial charge in [-0.1, -0.05) is 30.7 Å². The van der Waals surface area contributed by atoms with Gasteiger partial charge in [0.05, 0.1) is 6.61 Å². The van der Waals surface area contributed by atoms with E-state index in [0.29, 0.717) is 12.3 Å². The maximum absolute atomic E-state index is 12.1. The monoisotopic (exact) mass is 316 g/mol. The quantitative estimate of drug-likeness (QED) is 0.540. The number of rotatable bonds is 8. The third kappa shape index (κ3) is 6.68. The fourth-order valence-electron chi connectivity index (χ4n) is 2.11. The number of aliphatic imine (C=N–C) groups is 1. The van der Waals surface area contributed by atoms with E-state index in [1.54, 1.807) is 6.92 Å². The van der Waals surface area contributed by atoms with Gasteiger partial charge in [0, 0.05) is 25.3 Å². The number of carbonyl (C=O) groups excluding carboxylic acids is 1. The lowest BCUT2D eigenvalue weighted by atomic mass is 10.2. The molecule has 23 heavy (non-hydrogen) atoms. The van der Waals surface area contributed by atoms with Gasteiger partial charge in [-0.2, -0.15) is 0 Å². The van der Waals surface area contributed by atoms with Crippen molar-refractivity contribution in [3.05, 3.63) is 42.0 Å². The summed E-state index contributed by atoms with van der Waals surface area (Å²) in [5.41, 5.74) is 2.60. The Bertz CT molecular complexity index is 550. The molecule has 1 aromatic rings. The van der Waals surface area contributed by atoms with E-state index in [0.717, 1.165) is 24.2 Å². The molecule has 1 rings (SSSR count). The fourth-order valence-corrected chi connectivity index (χ4v) is 2.11. The average Bonchev–Trinajstić information content (AvgIpc) is 2.55. The van der Waals surface area contributed by atoms with Crippen molar-refractivity contribution in [1.29, 1.82) is 0 Å². The van der Waals surface area contributed by atoms with Gasteiger partial charge in [0.1, 0.15) is 5.71 Å². The van der Waals surface area contributed by atoms with Gasteiger partial charge < -0.3 is 9.64 Å². The summed E-state index contributed by atoms with van der Waals surface area (Å²) in [6.07, 6.45) is 2.73. The van der Waals surface area contributed by atoms with E-state index in [4.69, 9.17) is 4.74 Å². The van der Waals surface area contributed by atoms with Crippen molar-refractivity contribution in [3.8, 4) is 0 Å². The lowest BCUT2D eigenvalue weighted by Crippen LogP contribution is -2.22. The lowest BCUT2D eigenvalue weighted by Gasteiger charge is -2.19. The third-order valence-electron chi connectivity index (χ3n) is 3.50. The number of hydrogen-bond donors (Lipinski definition) is 0. The van der Waals surface area contributed by atoms with Crippen LogP contribution in [0.15, 0.2) is 47.0 Å². The molecule has 0 saturated carbocycles. The highest BCUT2D eigenvalue weighted by molar-refractivity contribution is 6.41. The number of para-hydroxylation sites is 1. The minimum absolute atomic E-state index is 0.102. The van der Waals surface area contributed by atoms with Crippen molar-refractivity contribution in [3.63, 3.8) is 0 Å². The van der Waals surface area contributed by atoms with Gasteiger partial charge in [-0.15, -0.1) is 0 Å². The zero-order chi connectivity index (χ0) is 17.2. The maximum Gasteiger partial charge on any atom is 0.356 e. The van der Waals surface area contributed by atoms with Crippen LogP contribution in [0.5, 0.6) is 0 Å². The number of esters is 1. The molecule has 126 valence electrons. The first kappa shape index (κ1) is 18.9. The SMILES string of the molecule is CCOC(=O)C(/C=C(\C)CN(C)c1ccccc1)=N/C(C)CC. The number of ether oxygens (including phenoxy) is 1. The summed E-state index contributed by atoms with van der Waals surface area (Å²) in [7, 11) is 2.03. The smallest absolute Gasteiger partial charge is 0.356 e. The first-order valence-corrected chi connectivity index (χ1v) is 8.16. The summed E-state index contributed by atoms with van der Waals surface area (Å²) in [5, 5.41) is 0. The van der Waals surface area contributed by atoms with E-state index in [9.17, 15) is 4.79 Å². The Labute approximate surface area is 139 Å². The van der Waals surface area contributed by atoms with E-state index in [-0.39, 0.29) is 12.0 Å². The summed E-state index contributed by atoms with van der Waals surface area (Å²) < 4.78 is 5.11. The van der Waals surface area contributed by atoms with Gasteiger partial charge >= 0.3 is 5.97 Å². The van der Waals surface area contributed by atoms with Crippen molar-refractivity contribution in [2.45, 2.75) is 40.2 Å². The molecule has 0 N–H and O–H groups in total. The Morgan fingerprint density at radius 3 is 2.52 bits per heavy atom. The molecule has 0 aliphatic heterocycles. The predicted molar refractivity (Wildman–Crippen MR) is 97.3 cm³/mol. The molecule has 1 atom stereocenters. The zero-order valence-electron chi connectivity index (χ0n) is 14.9. The summed E-state index contributed by atoms with van der Waals surface area (Å²) in [6.45, 7) is 8.94. The summed E-state index contributed by atoms with van der Waals surface area (Å²) >= 11 is 0. The Balaban J connectivity index is 2.88. The molecule has 4 nitrogen and oxygen atoms in total. The Hall–Kier alpha value is -2.10. The molecular weight excluding hydrogens is 288 g/mol. The first-order chi connectivity index (χ1) is 11.0. The van der Waals surface area contributed by atoms with Crippen LogP contribution in [0.1, 0.15) is 34.1 Å². The van der Waals surface area contributed by atoms with Crippen molar-refractivity contribution < 1.29 is 9.53 Å². The minimum atomic E-state index is -0.352. The molecule has 4 heteroatoms. The van der Waals surface area contributed by atoms with Gasteiger partial charge in [-0.05, 0) is 45.4 Å². The Morgan fingerprint density at radius 1 is 1.30 bits per heavy atom. The van der Waals surface area contributed by atoms with Gasteiger partial charge in [0.25, 0.3) is 0 Å². The highest BCUT2D eigenvalue weighted by Gasteiger charge is 2.12. The highest BCUT2D eigenvalue weighted by Crippen LogP contribution is 2.13. The van der Waals surface area contributed by atoms with Gasteiger partial charge in [0.2, 0.25) is 0 Å². The fraction of sp³-hybridized carbons (Fsp3) is 0.474. The number of benzene rings is 1. The second kappa shape index (κ2) is 9.82. The third-order valence-corrected chi connectivity index (χ3v) is 3.50. The summed E-state index contributed by atoms with van der Waals surface area (Å²) in [6, 6.07) is 10.3. The summed E-state index contributed by atoms with van der Waals surface area (Å²) in [5.74, 6) is -0.352. The van der Waals surface area contributed by atoms with Crippen LogP contribution in [-0.2, 0) is 9.53 Å². The van der Waals surface area contributed by atoms with Crippen LogP contribution in [0.2, 0.25) is 0 Å². The number of anilines is 1. The van der Waals surface area contributed by atoms with Crippen molar-refractivity contribution in [1.82, 2.24) is 0 Å². The van der Waals surface area contributed by atoms with E-state index in [2.05, 4.69) is 28.9 Å². The molecule has 0 heterocycles. The van der Waals surface area contributed by atoms with Crippen molar-refractivity contribution in [2.24, 2.45) is 4.99 Å². The average molecular weight is 316 g/mol. The molecule has 1 unspecified atom stereocenters. The van der Waals surface area contributed by atoms with E-state index in [1.807, 2.05) is 45.2 Å². The molecule has 0 saturated heterocycles. The van der Waals surface area contributed by atoms with Gasteiger partial charge in [0.15, 0.2) is 0 Å². The lowest BCUT2D eigenvalue weighted by molar-refractivity contribution is -0.134. The molecule has 0 spiro atoms. The number of carbonyl (C=O) groups is 1. The number of hydrogen-bond acceptors (Lipinski definition) is 4. The van der Waals surface area contributed by atoms with Crippen LogP contribution < -0.4 is 4.90 Å². The van der Waals surface area contributed by atoms with E-state index >= 15 is 0 Å². The predicted octanol–water partition coefficient (Wildman–Crippen LogP) is 3.87. The molecule has 0 aliphatic rings. The van der Waals surface area contributed by atoms with E-state index in [1.165, 1.54) is 0 Å². The molecule has 0 bridgehead atoms. The van der Waals surface area contributed by atoms with Crippen LogP contribution in [0.25, 0.3) is 0 Å². The molecule has 0 fully saturated rings. The topological polar surface area (TPSA) is 41.9 Å². The highest BCUT2D eigenvalue weighted by atomic mass is 16.5. The molecule has 0 aromatic heterocycles. The molecule has 0 aliphatic carbocycles. The second-order valence-electron chi connectivity index (χ2n) is 5.67. The zero-order valence-corrected chi connectivity index (χ0v) is 14.9.